The SMILES string of the molecule is CCCNC(=O)NC(=O)COC(=O)c1n[nH]c2ccccc12. The maximum Gasteiger partial charge on any atom is 0.359 e. The van der Waals surface area contributed by atoms with Crippen LogP contribution in [0.2, 0.25) is 0 Å². The lowest BCUT2D eigenvalue weighted by Gasteiger charge is -2.06. The molecule has 1 aromatic carbocycles. The van der Waals surface area contributed by atoms with Crippen molar-refractivity contribution in [3.05, 3.63) is 30.0 Å². The van der Waals surface area contributed by atoms with E-state index in [1.165, 1.54) is 0 Å². The third kappa shape index (κ3) is 3.81. The average molecular weight is 304 g/mol. The Kier molecular flexibility index (Phi) is 5.07. The number of ether oxygens (including phenoxy) is 1. The first kappa shape index (κ1) is 15.5. The van der Waals surface area contributed by atoms with Crippen LogP contribution in [0.15, 0.2) is 24.3 Å². The van der Waals surface area contributed by atoms with Gasteiger partial charge in [-0.15, -0.1) is 0 Å². The summed E-state index contributed by atoms with van der Waals surface area (Å²) >= 11 is 0. The number of aromatic nitrogens is 2. The van der Waals surface area contributed by atoms with E-state index in [1.807, 2.05) is 6.92 Å². The second kappa shape index (κ2) is 7.21. The number of urea groups is 1. The van der Waals surface area contributed by atoms with Crippen LogP contribution in [0.1, 0.15) is 23.8 Å². The zero-order chi connectivity index (χ0) is 15.9. The molecule has 116 valence electrons. The zero-order valence-electron chi connectivity index (χ0n) is 12.0. The Morgan fingerprint density at radius 1 is 1.27 bits per heavy atom. The molecular formula is C14H16N4O4. The monoisotopic (exact) mass is 304 g/mol. The van der Waals surface area contributed by atoms with E-state index in [-0.39, 0.29) is 5.69 Å². The van der Waals surface area contributed by atoms with Crippen LogP contribution in [0.25, 0.3) is 10.9 Å². The molecular weight excluding hydrogens is 288 g/mol. The molecule has 0 saturated heterocycles. The van der Waals surface area contributed by atoms with Crippen LogP contribution in [-0.4, -0.2) is 41.3 Å². The lowest BCUT2D eigenvalue weighted by molar-refractivity contribution is -0.123. The number of carbonyl (C=O) groups excluding carboxylic acids is 3. The first-order valence-electron chi connectivity index (χ1n) is 6.79. The maximum absolute atomic E-state index is 11.9. The summed E-state index contributed by atoms with van der Waals surface area (Å²) in [5.74, 6) is -1.44. The summed E-state index contributed by atoms with van der Waals surface area (Å²) in [7, 11) is 0. The number of nitrogens with one attached hydrogen (secondary N) is 3. The summed E-state index contributed by atoms with van der Waals surface area (Å²) in [5.41, 5.74) is 0.789. The standard InChI is InChI=1S/C14H16N4O4/c1-2-7-15-14(21)16-11(19)8-22-13(20)12-9-5-3-4-6-10(9)17-18-12/h3-6H,2,7-8H2,1H3,(H,17,18)(H2,15,16,19,21). The largest absolute Gasteiger partial charge is 0.451 e. The fraction of sp³-hybridized carbons (Fsp3) is 0.286. The molecule has 0 aliphatic heterocycles. The van der Waals surface area contributed by atoms with Gasteiger partial charge < -0.3 is 10.1 Å². The topological polar surface area (TPSA) is 113 Å². The highest BCUT2D eigenvalue weighted by Crippen LogP contribution is 2.15. The quantitative estimate of drug-likeness (QED) is 0.712. The Labute approximate surface area is 126 Å². The number of esters is 1. The Morgan fingerprint density at radius 3 is 2.82 bits per heavy atom. The van der Waals surface area contributed by atoms with E-state index in [0.29, 0.717) is 17.4 Å². The first-order valence-corrected chi connectivity index (χ1v) is 6.79. The summed E-state index contributed by atoms with van der Waals surface area (Å²) in [4.78, 5) is 34.6. The molecule has 22 heavy (non-hydrogen) atoms. The van der Waals surface area contributed by atoms with Crippen molar-refractivity contribution in [1.82, 2.24) is 20.8 Å². The Hall–Kier alpha value is -2.90. The minimum Gasteiger partial charge on any atom is -0.451 e. The molecule has 2 aromatic rings. The highest BCUT2D eigenvalue weighted by atomic mass is 16.5. The molecule has 0 fully saturated rings. The van der Waals surface area contributed by atoms with Gasteiger partial charge in [-0.1, -0.05) is 25.1 Å². The van der Waals surface area contributed by atoms with Crippen molar-refractivity contribution in [3.8, 4) is 0 Å². The second-order valence-electron chi connectivity index (χ2n) is 4.50. The molecule has 2 rings (SSSR count). The number of para-hydroxylation sites is 1. The molecule has 0 atom stereocenters. The van der Waals surface area contributed by atoms with Crippen LogP contribution >= 0.6 is 0 Å². The van der Waals surface area contributed by atoms with E-state index in [2.05, 4.69) is 20.8 Å². The van der Waals surface area contributed by atoms with Gasteiger partial charge in [0.05, 0.1) is 5.52 Å². The molecule has 3 N–H and O–H groups in total. The molecule has 0 unspecified atom stereocenters. The highest BCUT2D eigenvalue weighted by Gasteiger charge is 2.17. The highest BCUT2D eigenvalue weighted by molar-refractivity contribution is 6.03. The Bertz CT molecular complexity index is 695. The third-order valence-corrected chi connectivity index (χ3v) is 2.79. The number of hydrogen-bond acceptors (Lipinski definition) is 5. The smallest absolute Gasteiger partial charge is 0.359 e. The molecule has 1 aromatic heterocycles. The van der Waals surface area contributed by atoms with Gasteiger partial charge >= 0.3 is 12.0 Å². The molecule has 0 radical (unpaired) electrons. The van der Waals surface area contributed by atoms with Crippen molar-refractivity contribution in [2.24, 2.45) is 0 Å². The molecule has 0 spiro atoms. The van der Waals surface area contributed by atoms with Crippen molar-refractivity contribution >= 4 is 28.8 Å². The van der Waals surface area contributed by atoms with Gasteiger partial charge in [-0.3, -0.25) is 15.2 Å². The van der Waals surface area contributed by atoms with Gasteiger partial charge in [0.15, 0.2) is 12.3 Å². The van der Waals surface area contributed by atoms with Crippen LogP contribution in [0.5, 0.6) is 0 Å². The Balaban J connectivity index is 1.87. The molecule has 0 aliphatic rings. The van der Waals surface area contributed by atoms with Crippen molar-refractivity contribution in [2.45, 2.75) is 13.3 Å². The number of benzene rings is 1. The van der Waals surface area contributed by atoms with Gasteiger partial charge in [0.25, 0.3) is 5.91 Å². The van der Waals surface area contributed by atoms with Crippen LogP contribution in [0.4, 0.5) is 4.79 Å². The number of H-pyrrole nitrogens is 1. The van der Waals surface area contributed by atoms with Gasteiger partial charge in [-0.2, -0.15) is 5.10 Å². The van der Waals surface area contributed by atoms with Crippen molar-refractivity contribution < 1.29 is 19.1 Å². The maximum atomic E-state index is 11.9. The van der Waals surface area contributed by atoms with E-state index in [4.69, 9.17) is 4.74 Å². The molecule has 3 amide bonds. The normalized spacial score (nSPS) is 10.2. The number of aromatic amines is 1. The average Bonchev–Trinajstić information content (AvgIpc) is 2.94. The predicted molar refractivity (Wildman–Crippen MR) is 78.2 cm³/mol. The molecule has 0 bridgehead atoms. The molecule has 0 aliphatic carbocycles. The van der Waals surface area contributed by atoms with Crippen molar-refractivity contribution in [1.29, 1.82) is 0 Å². The number of amides is 3. The first-order chi connectivity index (χ1) is 10.6. The van der Waals surface area contributed by atoms with E-state index in [9.17, 15) is 14.4 Å². The molecule has 8 nitrogen and oxygen atoms in total. The summed E-state index contributed by atoms with van der Waals surface area (Å²) < 4.78 is 4.85. The fourth-order valence-corrected chi connectivity index (χ4v) is 1.76. The molecule has 1 heterocycles. The van der Waals surface area contributed by atoms with Gasteiger partial charge in [0, 0.05) is 11.9 Å². The van der Waals surface area contributed by atoms with E-state index >= 15 is 0 Å². The predicted octanol–water partition coefficient (Wildman–Crippen LogP) is 0.955. The van der Waals surface area contributed by atoms with Crippen LogP contribution in [0.3, 0.4) is 0 Å². The van der Waals surface area contributed by atoms with Gasteiger partial charge in [-0.25, -0.2) is 9.59 Å². The Morgan fingerprint density at radius 2 is 2.05 bits per heavy atom. The number of carbonyl (C=O) groups is 3. The van der Waals surface area contributed by atoms with Crippen molar-refractivity contribution in [2.75, 3.05) is 13.2 Å². The zero-order valence-corrected chi connectivity index (χ0v) is 12.0. The number of fused-ring (bicyclic) bond motifs is 1. The van der Waals surface area contributed by atoms with Crippen molar-refractivity contribution in [3.63, 3.8) is 0 Å². The molecule has 8 heteroatoms. The summed E-state index contributed by atoms with van der Waals surface area (Å²) in [6, 6.07) is 6.43. The lowest BCUT2D eigenvalue weighted by Crippen LogP contribution is -2.41. The number of imide groups is 1. The summed E-state index contributed by atoms with van der Waals surface area (Å²) in [6.45, 7) is 1.79. The van der Waals surface area contributed by atoms with Gasteiger partial charge in [-0.05, 0) is 12.5 Å². The minimum atomic E-state index is -0.735. The summed E-state index contributed by atoms with van der Waals surface area (Å²) in [5, 5.41) is 11.7. The van der Waals surface area contributed by atoms with E-state index in [1.54, 1.807) is 24.3 Å². The van der Waals surface area contributed by atoms with Gasteiger partial charge in [0.1, 0.15) is 0 Å². The van der Waals surface area contributed by atoms with E-state index < -0.39 is 24.5 Å². The summed E-state index contributed by atoms with van der Waals surface area (Å²) in [6.07, 6.45) is 0.753. The van der Waals surface area contributed by atoms with Crippen LogP contribution in [0, 0.1) is 0 Å². The van der Waals surface area contributed by atoms with E-state index in [0.717, 1.165) is 6.42 Å². The van der Waals surface area contributed by atoms with Crippen LogP contribution < -0.4 is 10.6 Å². The number of hydrogen-bond donors (Lipinski definition) is 3. The molecule has 0 saturated carbocycles. The fourth-order valence-electron chi connectivity index (χ4n) is 1.76. The third-order valence-electron chi connectivity index (χ3n) is 2.79. The lowest BCUT2D eigenvalue weighted by atomic mass is 10.2. The van der Waals surface area contributed by atoms with Crippen LogP contribution in [-0.2, 0) is 9.53 Å². The number of nitrogens with zero attached hydrogens (tertiary/aromatic N) is 1. The second-order valence-corrected chi connectivity index (χ2v) is 4.50. The minimum absolute atomic E-state index is 0.0961. The van der Waals surface area contributed by atoms with Gasteiger partial charge in [0.2, 0.25) is 0 Å². The number of rotatable bonds is 5.